The molecule has 0 bridgehead atoms. The van der Waals surface area contributed by atoms with Crippen LogP contribution in [0, 0.1) is 6.92 Å². The molecule has 1 unspecified atom stereocenters. The molecule has 5 rings (SSSR count). The van der Waals surface area contributed by atoms with Crippen molar-refractivity contribution in [3.05, 3.63) is 82.9 Å². The molecule has 1 atom stereocenters. The molecule has 0 radical (unpaired) electrons. The van der Waals surface area contributed by atoms with Crippen LogP contribution in [0.4, 0.5) is 5.13 Å². The van der Waals surface area contributed by atoms with Crippen LogP contribution in [0.5, 0.6) is 17.2 Å². The maximum atomic E-state index is 13.5. The summed E-state index contributed by atoms with van der Waals surface area (Å²) >= 11 is 1.31. The van der Waals surface area contributed by atoms with Gasteiger partial charge in [0.15, 0.2) is 16.6 Å². The van der Waals surface area contributed by atoms with E-state index in [1.54, 1.807) is 42.5 Å². The van der Waals surface area contributed by atoms with Gasteiger partial charge in [-0.25, -0.2) is 4.98 Å². The van der Waals surface area contributed by atoms with Crippen molar-refractivity contribution in [2.24, 2.45) is 0 Å². The number of carbonyl (C=O) groups excluding carboxylic acids is 2. The summed E-state index contributed by atoms with van der Waals surface area (Å²) in [4.78, 5) is 33.1. The molecule has 1 aliphatic heterocycles. The van der Waals surface area contributed by atoms with E-state index >= 15 is 0 Å². The molecule has 1 fully saturated rings. The number of ether oxygens (including phenoxy) is 3. The molecule has 3 aromatic carbocycles. The van der Waals surface area contributed by atoms with E-state index in [2.05, 4.69) is 4.98 Å². The van der Waals surface area contributed by atoms with E-state index < -0.39 is 17.7 Å². The molecule has 9 heteroatoms. The second-order valence-electron chi connectivity index (χ2n) is 8.71. The highest BCUT2D eigenvalue weighted by molar-refractivity contribution is 7.22. The minimum atomic E-state index is -0.952. The lowest BCUT2D eigenvalue weighted by Crippen LogP contribution is -2.29. The Balaban J connectivity index is 1.73. The molecule has 1 amide bonds. The first-order valence-electron chi connectivity index (χ1n) is 12.0. The van der Waals surface area contributed by atoms with Crippen molar-refractivity contribution in [2.45, 2.75) is 19.9 Å². The van der Waals surface area contributed by atoms with Gasteiger partial charge in [-0.3, -0.25) is 14.5 Å². The first-order valence-corrected chi connectivity index (χ1v) is 12.8. The molecule has 1 saturated heterocycles. The molecular weight excluding hydrogens is 504 g/mol. The fraction of sp³-hybridized carbons (Fsp3) is 0.207. The maximum Gasteiger partial charge on any atom is 0.301 e. The number of rotatable bonds is 7. The lowest BCUT2D eigenvalue weighted by atomic mass is 9.95. The normalized spacial score (nSPS) is 16.7. The average Bonchev–Trinajstić information content (AvgIpc) is 3.45. The lowest BCUT2D eigenvalue weighted by molar-refractivity contribution is -0.132. The van der Waals surface area contributed by atoms with Gasteiger partial charge in [0.1, 0.15) is 11.5 Å². The highest BCUT2D eigenvalue weighted by Crippen LogP contribution is 2.46. The third kappa shape index (κ3) is 4.35. The number of carbonyl (C=O) groups is 2. The largest absolute Gasteiger partial charge is 0.507 e. The Morgan fingerprint density at radius 2 is 1.82 bits per heavy atom. The Hall–Kier alpha value is -4.37. The molecule has 194 valence electrons. The summed E-state index contributed by atoms with van der Waals surface area (Å²) < 4.78 is 17.3. The molecule has 0 aliphatic carbocycles. The van der Waals surface area contributed by atoms with Gasteiger partial charge < -0.3 is 19.3 Å². The summed E-state index contributed by atoms with van der Waals surface area (Å²) in [5, 5.41) is 11.8. The molecule has 38 heavy (non-hydrogen) atoms. The predicted octanol–water partition coefficient (Wildman–Crippen LogP) is 5.65. The number of Topliss-reactive ketones (excluding diaryl/α,β-unsaturated/α-hetero) is 1. The highest BCUT2D eigenvalue weighted by atomic mass is 32.1. The monoisotopic (exact) mass is 530 g/mol. The summed E-state index contributed by atoms with van der Waals surface area (Å²) in [5.41, 5.74) is 2.64. The second-order valence-corrected chi connectivity index (χ2v) is 9.72. The number of nitrogens with zero attached hydrogens (tertiary/aromatic N) is 2. The number of thiazole rings is 1. The van der Waals surface area contributed by atoms with Crippen LogP contribution in [0.2, 0.25) is 0 Å². The van der Waals surface area contributed by atoms with Crippen LogP contribution < -0.4 is 19.1 Å². The third-order valence-electron chi connectivity index (χ3n) is 6.32. The van der Waals surface area contributed by atoms with Gasteiger partial charge in [0, 0.05) is 5.56 Å². The van der Waals surface area contributed by atoms with Crippen molar-refractivity contribution < 1.29 is 28.9 Å². The first-order chi connectivity index (χ1) is 18.4. The number of aliphatic hydroxyl groups is 1. The number of fused-ring (bicyclic) bond motifs is 1. The SMILES string of the molecule is CCOc1cccc(C(O)=C2C(=O)C(=O)N(c3nc4ccc(C)cc4s3)C2c2ccc(OC)c(OC)c2)c1. The van der Waals surface area contributed by atoms with E-state index in [1.807, 2.05) is 32.0 Å². The molecule has 1 aliphatic rings. The zero-order valence-corrected chi connectivity index (χ0v) is 22.2. The van der Waals surface area contributed by atoms with Crippen molar-refractivity contribution in [2.75, 3.05) is 25.7 Å². The van der Waals surface area contributed by atoms with Gasteiger partial charge in [-0.1, -0.05) is 35.6 Å². The van der Waals surface area contributed by atoms with Crippen molar-refractivity contribution >= 4 is 44.1 Å². The van der Waals surface area contributed by atoms with Gasteiger partial charge in [0.05, 0.1) is 42.7 Å². The predicted molar refractivity (Wildman–Crippen MR) is 146 cm³/mol. The number of anilines is 1. The van der Waals surface area contributed by atoms with E-state index in [4.69, 9.17) is 14.2 Å². The molecule has 2 heterocycles. The molecule has 0 spiro atoms. The fourth-order valence-corrected chi connectivity index (χ4v) is 5.64. The summed E-state index contributed by atoms with van der Waals surface area (Å²) in [5.74, 6) is -0.427. The zero-order chi connectivity index (χ0) is 27.0. The van der Waals surface area contributed by atoms with Crippen LogP contribution in [-0.4, -0.2) is 42.6 Å². The van der Waals surface area contributed by atoms with Gasteiger partial charge in [-0.15, -0.1) is 0 Å². The quantitative estimate of drug-likeness (QED) is 0.187. The van der Waals surface area contributed by atoms with Gasteiger partial charge in [-0.2, -0.15) is 0 Å². The van der Waals surface area contributed by atoms with E-state index in [9.17, 15) is 14.7 Å². The van der Waals surface area contributed by atoms with Crippen molar-refractivity contribution in [3.8, 4) is 17.2 Å². The summed E-state index contributed by atoms with van der Waals surface area (Å²) in [7, 11) is 3.03. The average molecular weight is 531 g/mol. The third-order valence-corrected chi connectivity index (χ3v) is 7.34. The number of aliphatic hydroxyl groups excluding tert-OH is 1. The van der Waals surface area contributed by atoms with Crippen LogP contribution in [0.3, 0.4) is 0 Å². The van der Waals surface area contributed by atoms with Gasteiger partial charge in [-0.05, 0) is 61.4 Å². The Bertz CT molecular complexity index is 1590. The topological polar surface area (TPSA) is 98.2 Å². The number of hydrogen-bond donors (Lipinski definition) is 1. The molecule has 8 nitrogen and oxygen atoms in total. The number of amides is 1. The number of methoxy groups -OCH3 is 2. The second kappa shape index (κ2) is 10.2. The summed E-state index contributed by atoms with van der Waals surface area (Å²) in [6, 6.07) is 16.8. The first kappa shape index (κ1) is 25.3. The summed E-state index contributed by atoms with van der Waals surface area (Å²) in [6.45, 7) is 4.27. The number of aryl methyl sites for hydroxylation is 1. The van der Waals surface area contributed by atoms with E-state index in [-0.39, 0.29) is 11.3 Å². The highest BCUT2D eigenvalue weighted by Gasteiger charge is 2.48. The molecule has 1 aromatic heterocycles. The summed E-state index contributed by atoms with van der Waals surface area (Å²) in [6.07, 6.45) is 0. The standard InChI is InChI=1S/C29H26N2O6S/c1-5-37-19-8-6-7-18(14-19)26(32)24-25(17-10-12-21(35-3)22(15-17)36-4)31(28(34)27(24)33)29-30-20-11-9-16(2)13-23(20)38-29/h6-15,25,32H,5H2,1-4H3. The Morgan fingerprint density at radius 3 is 2.55 bits per heavy atom. The molecular formula is C29H26N2O6S. The van der Waals surface area contributed by atoms with Crippen LogP contribution in [0.15, 0.2) is 66.2 Å². The van der Waals surface area contributed by atoms with Gasteiger partial charge in [0.2, 0.25) is 0 Å². The van der Waals surface area contributed by atoms with E-state index in [0.717, 1.165) is 10.3 Å². The van der Waals surface area contributed by atoms with Crippen molar-refractivity contribution in [3.63, 3.8) is 0 Å². The smallest absolute Gasteiger partial charge is 0.301 e. The fourth-order valence-electron chi connectivity index (χ4n) is 4.55. The van der Waals surface area contributed by atoms with Crippen LogP contribution >= 0.6 is 11.3 Å². The van der Waals surface area contributed by atoms with Gasteiger partial charge >= 0.3 is 5.91 Å². The minimum absolute atomic E-state index is 0.0497. The molecule has 0 saturated carbocycles. The van der Waals surface area contributed by atoms with Crippen molar-refractivity contribution in [1.82, 2.24) is 4.98 Å². The van der Waals surface area contributed by atoms with E-state index in [0.29, 0.717) is 45.6 Å². The van der Waals surface area contributed by atoms with Crippen LogP contribution in [0.1, 0.15) is 29.7 Å². The Labute approximate surface area is 223 Å². The van der Waals surface area contributed by atoms with Crippen molar-refractivity contribution in [1.29, 1.82) is 0 Å². The minimum Gasteiger partial charge on any atom is -0.507 e. The molecule has 1 N–H and O–H groups in total. The number of aromatic nitrogens is 1. The zero-order valence-electron chi connectivity index (χ0n) is 21.3. The number of ketones is 1. The maximum absolute atomic E-state index is 13.5. The van der Waals surface area contributed by atoms with Crippen LogP contribution in [0.25, 0.3) is 16.0 Å². The lowest BCUT2D eigenvalue weighted by Gasteiger charge is -2.23. The van der Waals surface area contributed by atoms with E-state index in [1.165, 1.54) is 30.5 Å². The number of hydrogen-bond acceptors (Lipinski definition) is 8. The Morgan fingerprint density at radius 1 is 1.03 bits per heavy atom. The Kier molecular flexibility index (Phi) is 6.77. The van der Waals surface area contributed by atoms with Gasteiger partial charge in [0.25, 0.3) is 5.78 Å². The van der Waals surface area contributed by atoms with Crippen LogP contribution in [-0.2, 0) is 9.59 Å². The molecule has 4 aromatic rings. The number of benzene rings is 3.